The summed E-state index contributed by atoms with van der Waals surface area (Å²) in [6.07, 6.45) is -5.23. The summed E-state index contributed by atoms with van der Waals surface area (Å²) >= 11 is 5.92. The Balaban J connectivity index is 2.40. The topological polar surface area (TPSA) is 125 Å². The van der Waals surface area contributed by atoms with Crippen LogP contribution in [0.2, 0.25) is 5.02 Å². The van der Waals surface area contributed by atoms with E-state index in [1.165, 1.54) is 6.07 Å². The van der Waals surface area contributed by atoms with Crippen LogP contribution in [0.25, 0.3) is 0 Å². The molecule has 162 valence electrons. The highest BCUT2D eigenvalue weighted by Gasteiger charge is 2.34. The molecule has 30 heavy (non-hydrogen) atoms. The number of anilines is 1. The molecule has 8 nitrogen and oxygen atoms in total. The molecule has 0 spiro atoms. The molecule has 0 atom stereocenters. The summed E-state index contributed by atoms with van der Waals surface area (Å²) in [5, 5.41) is 8.28. The van der Waals surface area contributed by atoms with Crippen LogP contribution in [0.4, 0.5) is 18.9 Å². The van der Waals surface area contributed by atoms with E-state index in [1.807, 2.05) is 4.72 Å². The van der Waals surface area contributed by atoms with E-state index in [0.717, 1.165) is 36.4 Å². The van der Waals surface area contributed by atoms with Crippen LogP contribution < -0.4 is 14.2 Å². The van der Waals surface area contributed by atoms with Crippen molar-refractivity contribution in [3.8, 4) is 11.8 Å². The number of halogens is 4. The summed E-state index contributed by atoms with van der Waals surface area (Å²) in [7, 11) is -8.73. The first-order valence-electron chi connectivity index (χ1n) is 7.89. The fourth-order valence-corrected chi connectivity index (χ4v) is 4.63. The summed E-state index contributed by atoms with van der Waals surface area (Å²) in [6, 6.07) is 8.84. The second-order valence-electron chi connectivity index (χ2n) is 5.55. The third-order valence-electron chi connectivity index (χ3n) is 3.39. The molecule has 2 N–H and O–H groups in total. The molecular formula is C16H13ClF3N3O5S2. The van der Waals surface area contributed by atoms with Gasteiger partial charge in [0.15, 0.2) is 0 Å². The lowest BCUT2D eigenvalue weighted by atomic mass is 10.3. The number of hydrogen-bond donors (Lipinski definition) is 2. The number of nitrogens with zero attached hydrogens (tertiary/aromatic N) is 1. The van der Waals surface area contributed by atoms with Crippen molar-refractivity contribution in [3.63, 3.8) is 0 Å². The van der Waals surface area contributed by atoms with Crippen molar-refractivity contribution in [2.75, 3.05) is 11.3 Å². The van der Waals surface area contributed by atoms with Gasteiger partial charge in [-0.1, -0.05) is 23.7 Å². The van der Waals surface area contributed by atoms with Crippen LogP contribution in [0.3, 0.4) is 0 Å². The average Bonchev–Trinajstić information content (AvgIpc) is 2.62. The lowest BCUT2D eigenvalue weighted by Gasteiger charge is -2.15. The maximum absolute atomic E-state index is 12.6. The first-order valence-corrected chi connectivity index (χ1v) is 11.2. The molecule has 0 saturated carbocycles. The molecule has 0 bridgehead atoms. The Morgan fingerprint density at radius 3 is 2.37 bits per heavy atom. The minimum atomic E-state index is -5.13. The first-order chi connectivity index (χ1) is 13.9. The van der Waals surface area contributed by atoms with E-state index in [2.05, 4.69) is 9.46 Å². The van der Waals surface area contributed by atoms with Crippen LogP contribution in [-0.4, -0.2) is 29.7 Å². The van der Waals surface area contributed by atoms with E-state index in [4.69, 9.17) is 16.9 Å². The zero-order valence-electron chi connectivity index (χ0n) is 14.8. The van der Waals surface area contributed by atoms with Gasteiger partial charge in [0, 0.05) is 13.0 Å². The summed E-state index contributed by atoms with van der Waals surface area (Å²) in [5.41, 5.74) is -0.387. The Bertz CT molecular complexity index is 1180. The third kappa shape index (κ3) is 6.23. The van der Waals surface area contributed by atoms with Gasteiger partial charge in [0.05, 0.1) is 21.7 Å². The van der Waals surface area contributed by atoms with Crippen molar-refractivity contribution in [1.29, 1.82) is 5.26 Å². The molecule has 14 heteroatoms. The highest BCUT2D eigenvalue weighted by molar-refractivity contribution is 7.93. The number of nitriles is 1. The van der Waals surface area contributed by atoms with Gasteiger partial charge in [0.2, 0.25) is 10.0 Å². The van der Waals surface area contributed by atoms with Gasteiger partial charge >= 0.3 is 6.36 Å². The van der Waals surface area contributed by atoms with Crippen LogP contribution >= 0.6 is 11.6 Å². The highest BCUT2D eigenvalue weighted by Crippen LogP contribution is 2.32. The monoisotopic (exact) mass is 483 g/mol. The van der Waals surface area contributed by atoms with Crippen LogP contribution in [0, 0.1) is 11.3 Å². The molecule has 0 radical (unpaired) electrons. The molecular weight excluding hydrogens is 471 g/mol. The number of hydrogen-bond acceptors (Lipinski definition) is 6. The van der Waals surface area contributed by atoms with Crippen molar-refractivity contribution in [2.24, 2.45) is 0 Å². The van der Waals surface area contributed by atoms with Crippen molar-refractivity contribution >= 4 is 37.3 Å². The number of ether oxygens (including phenoxy) is 1. The van der Waals surface area contributed by atoms with E-state index >= 15 is 0 Å². The molecule has 2 rings (SSSR count). The standard InChI is InChI=1S/C16H13ClF3N3O5S2/c17-12-7-6-11(29(24,25)22-9-3-8-21)10-13(12)23-30(26,27)15-5-2-1-4-14(15)28-16(18,19)20/h1-2,4-7,10,22-23H,3,9H2. The van der Waals surface area contributed by atoms with Crippen molar-refractivity contribution in [2.45, 2.75) is 22.6 Å². The van der Waals surface area contributed by atoms with Crippen LogP contribution in [0.1, 0.15) is 6.42 Å². The Hall–Kier alpha value is -2.53. The third-order valence-corrected chi connectivity index (χ3v) is 6.58. The van der Waals surface area contributed by atoms with E-state index in [0.29, 0.717) is 0 Å². The van der Waals surface area contributed by atoms with E-state index in [9.17, 15) is 30.0 Å². The van der Waals surface area contributed by atoms with Gasteiger partial charge in [-0.2, -0.15) is 5.26 Å². The summed E-state index contributed by atoms with van der Waals surface area (Å²) < 4.78 is 95.2. The summed E-state index contributed by atoms with van der Waals surface area (Å²) in [5.74, 6) is -0.976. The van der Waals surface area contributed by atoms with Crippen LogP contribution in [0.5, 0.6) is 5.75 Å². The Morgan fingerprint density at radius 1 is 1.07 bits per heavy atom. The van der Waals surface area contributed by atoms with Gasteiger partial charge in [-0.15, -0.1) is 13.2 Å². The van der Waals surface area contributed by atoms with E-state index < -0.39 is 37.1 Å². The molecule has 0 aliphatic carbocycles. The zero-order chi connectivity index (χ0) is 22.6. The second-order valence-corrected chi connectivity index (χ2v) is 9.37. The zero-order valence-corrected chi connectivity index (χ0v) is 17.2. The SMILES string of the molecule is N#CCCNS(=O)(=O)c1ccc(Cl)c(NS(=O)(=O)c2ccccc2OC(F)(F)F)c1. The molecule has 0 fully saturated rings. The van der Waals surface area contributed by atoms with Gasteiger partial charge in [0.25, 0.3) is 10.0 Å². The number of alkyl halides is 3. The molecule has 0 aliphatic heterocycles. The van der Waals surface area contributed by atoms with Crippen molar-refractivity contribution < 1.29 is 34.7 Å². The van der Waals surface area contributed by atoms with Crippen molar-refractivity contribution in [3.05, 3.63) is 47.5 Å². The number of sulfonamides is 2. The molecule has 0 unspecified atom stereocenters. The number of benzene rings is 2. The number of rotatable bonds is 8. The predicted octanol–water partition coefficient (Wildman–Crippen LogP) is 3.23. The van der Waals surface area contributed by atoms with Crippen LogP contribution in [-0.2, 0) is 20.0 Å². The minimum absolute atomic E-state index is 0.0949. The fourth-order valence-electron chi connectivity index (χ4n) is 2.16. The average molecular weight is 484 g/mol. The van der Waals surface area contributed by atoms with Gasteiger partial charge in [-0.05, 0) is 30.3 Å². The predicted molar refractivity (Wildman–Crippen MR) is 101 cm³/mol. The normalized spacial score (nSPS) is 12.2. The van der Waals surface area contributed by atoms with Crippen molar-refractivity contribution in [1.82, 2.24) is 4.72 Å². The highest BCUT2D eigenvalue weighted by atomic mass is 35.5. The van der Waals surface area contributed by atoms with Gasteiger partial charge in [0.1, 0.15) is 10.6 Å². The minimum Gasteiger partial charge on any atom is -0.404 e. The summed E-state index contributed by atoms with van der Waals surface area (Å²) in [4.78, 5) is -1.21. The molecule has 0 aliphatic rings. The van der Waals surface area contributed by atoms with Crippen LogP contribution in [0.15, 0.2) is 52.3 Å². The van der Waals surface area contributed by atoms with Gasteiger partial charge < -0.3 is 4.74 Å². The van der Waals surface area contributed by atoms with Gasteiger partial charge in [-0.3, -0.25) is 4.72 Å². The Kier molecular flexibility index (Phi) is 7.19. The second kappa shape index (κ2) is 9.09. The lowest BCUT2D eigenvalue weighted by Crippen LogP contribution is -2.25. The summed E-state index contributed by atoms with van der Waals surface area (Å²) in [6.45, 7) is -0.176. The molecule has 2 aromatic rings. The molecule has 0 amide bonds. The smallest absolute Gasteiger partial charge is 0.404 e. The lowest BCUT2D eigenvalue weighted by molar-refractivity contribution is -0.275. The maximum Gasteiger partial charge on any atom is 0.573 e. The molecule has 2 aromatic carbocycles. The number of nitrogens with one attached hydrogen (secondary N) is 2. The quantitative estimate of drug-likeness (QED) is 0.555. The maximum atomic E-state index is 12.6. The Morgan fingerprint density at radius 2 is 1.73 bits per heavy atom. The molecule has 0 heterocycles. The Labute approximate surface area is 175 Å². The first kappa shape index (κ1) is 23.7. The van der Waals surface area contributed by atoms with E-state index in [1.54, 1.807) is 6.07 Å². The largest absolute Gasteiger partial charge is 0.573 e. The van der Waals surface area contributed by atoms with E-state index in [-0.39, 0.29) is 28.6 Å². The number of para-hydroxylation sites is 1. The van der Waals surface area contributed by atoms with Gasteiger partial charge in [-0.25, -0.2) is 21.6 Å². The fraction of sp³-hybridized carbons (Fsp3) is 0.188. The molecule has 0 saturated heterocycles. The molecule has 0 aromatic heterocycles.